The molecule has 0 aromatic heterocycles. The Bertz CT molecular complexity index is 354. The van der Waals surface area contributed by atoms with E-state index >= 15 is 0 Å². The highest BCUT2D eigenvalue weighted by atomic mass is 16.3. The monoisotopic (exact) mass is 247 g/mol. The van der Waals surface area contributed by atoms with E-state index in [-0.39, 0.29) is 6.10 Å². The van der Waals surface area contributed by atoms with Gasteiger partial charge in [-0.15, -0.1) is 0 Å². The molecule has 0 heterocycles. The topological polar surface area (TPSA) is 23.5 Å². The Morgan fingerprint density at radius 2 is 1.78 bits per heavy atom. The van der Waals surface area contributed by atoms with Gasteiger partial charge in [0.05, 0.1) is 6.10 Å². The summed E-state index contributed by atoms with van der Waals surface area (Å²) in [5.41, 5.74) is 2.47. The minimum atomic E-state index is -0.184. The zero-order valence-corrected chi connectivity index (χ0v) is 11.6. The summed E-state index contributed by atoms with van der Waals surface area (Å²) < 4.78 is 0. The number of anilines is 1. The van der Waals surface area contributed by atoms with Gasteiger partial charge in [0.25, 0.3) is 0 Å². The molecule has 0 aliphatic heterocycles. The van der Waals surface area contributed by atoms with Crippen molar-refractivity contribution in [3.8, 4) is 0 Å². The molecule has 1 unspecified atom stereocenters. The molecule has 1 aliphatic rings. The van der Waals surface area contributed by atoms with Gasteiger partial charge in [-0.1, -0.05) is 37.0 Å². The molecule has 0 bridgehead atoms. The lowest BCUT2D eigenvalue weighted by Crippen LogP contribution is -2.35. The summed E-state index contributed by atoms with van der Waals surface area (Å²) in [5.74, 6) is 0.506. The molecule has 100 valence electrons. The lowest BCUT2D eigenvalue weighted by Gasteiger charge is -2.30. The second-order valence-electron chi connectivity index (χ2n) is 5.68. The van der Waals surface area contributed by atoms with Crippen molar-refractivity contribution in [3.05, 3.63) is 29.8 Å². The lowest BCUT2D eigenvalue weighted by molar-refractivity contribution is 0.0910. The number of benzene rings is 1. The van der Waals surface area contributed by atoms with Crippen molar-refractivity contribution < 1.29 is 5.11 Å². The van der Waals surface area contributed by atoms with Crippen LogP contribution in [0.15, 0.2) is 24.3 Å². The summed E-state index contributed by atoms with van der Waals surface area (Å²) in [6.07, 6.45) is 6.13. The zero-order valence-electron chi connectivity index (χ0n) is 11.6. The smallest absolute Gasteiger partial charge is 0.0743 e. The van der Waals surface area contributed by atoms with E-state index in [0.717, 1.165) is 6.54 Å². The molecule has 1 aliphatic carbocycles. The van der Waals surface area contributed by atoms with Gasteiger partial charge in [-0.25, -0.2) is 0 Å². The fourth-order valence-corrected chi connectivity index (χ4v) is 2.85. The van der Waals surface area contributed by atoms with Gasteiger partial charge >= 0.3 is 0 Å². The average Bonchev–Trinajstić information content (AvgIpc) is 2.40. The van der Waals surface area contributed by atoms with Gasteiger partial charge in [0.2, 0.25) is 0 Å². The van der Waals surface area contributed by atoms with Crippen LogP contribution < -0.4 is 4.90 Å². The van der Waals surface area contributed by atoms with E-state index < -0.39 is 0 Å². The molecule has 1 saturated carbocycles. The predicted molar refractivity (Wildman–Crippen MR) is 77.0 cm³/mol. The quantitative estimate of drug-likeness (QED) is 0.881. The minimum absolute atomic E-state index is 0.184. The zero-order chi connectivity index (χ0) is 13.0. The van der Waals surface area contributed by atoms with Gasteiger partial charge in [-0.3, -0.25) is 0 Å². The maximum absolute atomic E-state index is 10.3. The van der Waals surface area contributed by atoms with Crippen LogP contribution in [0, 0.1) is 12.8 Å². The summed E-state index contributed by atoms with van der Waals surface area (Å²) in [5, 5.41) is 10.3. The van der Waals surface area contributed by atoms with Crippen molar-refractivity contribution in [2.75, 3.05) is 18.5 Å². The Balaban J connectivity index is 1.89. The van der Waals surface area contributed by atoms with E-state index in [1.807, 2.05) is 0 Å². The summed E-state index contributed by atoms with van der Waals surface area (Å²) in [4.78, 5) is 2.17. The Kier molecular flexibility index (Phi) is 4.65. The van der Waals surface area contributed by atoms with E-state index in [1.165, 1.54) is 43.4 Å². The SMILES string of the molecule is Cc1ccc(N(C)CC(O)C2CCCCC2)cc1. The van der Waals surface area contributed by atoms with Crippen LogP contribution in [-0.2, 0) is 0 Å². The van der Waals surface area contributed by atoms with Crippen molar-refractivity contribution in [3.63, 3.8) is 0 Å². The summed E-state index contributed by atoms with van der Waals surface area (Å²) >= 11 is 0. The molecule has 0 radical (unpaired) electrons. The third kappa shape index (κ3) is 3.49. The molecular formula is C16H25NO. The molecule has 0 spiro atoms. The van der Waals surface area contributed by atoms with Crippen molar-refractivity contribution in [1.29, 1.82) is 0 Å². The van der Waals surface area contributed by atoms with Crippen LogP contribution in [0.5, 0.6) is 0 Å². The van der Waals surface area contributed by atoms with Crippen molar-refractivity contribution >= 4 is 5.69 Å². The fraction of sp³-hybridized carbons (Fsp3) is 0.625. The Morgan fingerprint density at radius 3 is 2.39 bits per heavy atom. The first-order valence-corrected chi connectivity index (χ1v) is 7.12. The number of rotatable bonds is 4. The normalized spacial score (nSPS) is 18.6. The van der Waals surface area contributed by atoms with Crippen molar-refractivity contribution in [2.24, 2.45) is 5.92 Å². The number of likely N-dealkylation sites (N-methyl/N-ethyl adjacent to an activating group) is 1. The van der Waals surface area contributed by atoms with E-state index in [4.69, 9.17) is 0 Å². The minimum Gasteiger partial charge on any atom is -0.391 e. The van der Waals surface area contributed by atoms with Gasteiger partial charge < -0.3 is 10.0 Å². The summed E-state index contributed by atoms with van der Waals surface area (Å²) in [6.45, 7) is 2.84. The number of hydrogen-bond acceptors (Lipinski definition) is 2. The third-order valence-electron chi connectivity index (χ3n) is 4.13. The second kappa shape index (κ2) is 6.24. The maximum Gasteiger partial charge on any atom is 0.0743 e. The number of aliphatic hydroxyl groups excluding tert-OH is 1. The molecule has 1 N–H and O–H groups in total. The average molecular weight is 247 g/mol. The van der Waals surface area contributed by atoms with Crippen molar-refractivity contribution in [1.82, 2.24) is 0 Å². The maximum atomic E-state index is 10.3. The Labute approximate surface area is 111 Å². The predicted octanol–water partition coefficient (Wildman–Crippen LogP) is 3.37. The highest BCUT2D eigenvalue weighted by Gasteiger charge is 2.22. The largest absolute Gasteiger partial charge is 0.391 e. The Morgan fingerprint density at radius 1 is 1.17 bits per heavy atom. The van der Waals surface area contributed by atoms with Gasteiger partial charge in [0.15, 0.2) is 0 Å². The molecule has 1 fully saturated rings. The molecule has 18 heavy (non-hydrogen) atoms. The van der Waals surface area contributed by atoms with Crippen LogP contribution in [0.2, 0.25) is 0 Å². The first-order valence-electron chi connectivity index (χ1n) is 7.12. The third-order valence-corrected chi connectivity index (χ3v) is 4.13. The molecule has 0 saturated heterocycles. The summed E-state index contributed by atoms with van der Waals surface area (Å²) in [6, 6.07) is 8.50. The van der Waals surface area contributed by atoms with Gasteiger partial charge in [-0.05, 0) is 37.8 Å². The number of aryl methyl sites for hydroxylation is 1. The number of nitrogens with zero attached hydrogens (tertiary/aromatic N) is 1. The molecule has 1 aromatic carbocycles. The van der Waals surface area contributed by atoms with E-state index in [9.17, 15) is 5.11 Å². The molecule has 1 atom stereocenters. The van der Waals surface area contributed by atoms with Crippen LogP contribution >= 0.6 is 0 Å². The van der Waals surface area contributed by atoms with Crippen LogP contribution in [0.25, 0.3) is 0 Å². The van der Waals surface area contributed by atoms with Crippen LogP contribution in [0.3, 0.4) is 0 Å². The van der Waals surface area contributed by atoms with Crippen LogP contribution in [-0.4, -0.2) is 24.8 Å². The first kappa shape index (κ1) is 13.4. The fourth-order valence-electron chi connectivity index (χ4n) is 2.85. The molecule has 1 aromatic rings. The van der Waals surface area contributed by atoms with Crippen molar-refractivity contribution in [2.45, 2.75) is 45.1 Å². The van der Waals surface area contributed by atoms with Gasteiger partial charge in [0, 0.05) is 19.3 Å². The van der Waals surface area contributed by atoms with E-state index in [0.29, 0.717) is 5.92 Å². The van der Waals surface area contributed by atoms with Gasteiger partial charge in [0.1, 0.15) is 0 Å². The molecule has 0 amide bonds. The van der Waals surface area contributed by atoms with E-state index in [2.05, 4.69) is 43.1 Å². The Hall–Kier alpha value is -1.02. The standard InChI is InChI=1S/C16H25NO/c1-13-8-10-15(11-9-13)17(2)12-16(18)14-6-4-3-5-7-14/h8-11,14,16,18H,3-7,12H2,1-2H3. The molecule has 2 nitrogen and oxygen atoms in total. The molecule has 2 heteroatoms. The lowest BCUT2D eigenvalue weighted by atomic mass is 9.85. The molecule has 2 rings (SSSR count). The van der Waals surface area contributed by atoms with Crippen LogP contribution in [0.1, 0.15) is 37.7 Å². The second-order valence-corrected chi connectivity index (χ2v) is 5.68. The van der Waals surface area contributed by atoms with Crippen LogP contribution in [0.4, 0.5) is 5.69 Å². The highest BCUT2D eigenvalue weighted by molar-refractivity contribution is 5.46. The first-order chi connectivity index (χ1) is 8.66. The van der Waals surface area contributed by atoms with Gasteiger partial charge in [-0.2, -0.15) is 0 Å². The number of aliphatic hydroxyl groups is 1. The highest BCUT2D eigenvalue weighted by Crippen LogP contribution is 2.27. The van der Waals surface area contributed by atoms with E-state index in [1.54, 1.807) is 0 Å². The number of hydrogen-bond donors (Lipinski definition) is 1. The summed E-state index contributed by atoms with van der Waals surface area (Å²) in [7, 11) is 2.07. The molecular weight excluding hydrogens is 222 g/mol.